The second-order valence-corrected chi connectivity index (χ2v) is 8.36. The summed E-state index contributed by atoms with van der Waals surface area (Å²) in [5.41, 5.74) is 2.87. The Hall–Kier alpha value is -3.39. The van der Waals surface area contributed by atoms with Gasteiger partial charge in [0.15, 0.2) is 5.82 Å². The molecule has 29 heavy (non-hydrogen) atoms. The Labute approximate surface area is 169 Å². The number of para-hydroxylation sites is 1. The number of benzene rings is 2. The molecule has 0 fully saturated rings. The molecule has 0 aliphatic carbocycles. The fourth-order valence-electron chi connectivity index (χ4n) is 3.30. The largest absolute Gasteiger partial charge is 0.266 e. The molecule has 2 heterocycles. The average Bonchev–Trinajstić information content (AvgIpc) is 3.26. The molecule has 1 N–H and O–H groups in total. The maximum absolute atomic E-state index is 13.0. The van der Waals surface area contributed by atoms with Gasteiger partial charge in [0.25, 0.3) is 10.0 Å². The van der Waals surface area contributed by atoms with Crippen molar-refractivity contribution in [3.05, 3.63) is 89.9 Å². The summed E-state index contributed by atoms with van der Waals surface area (Å²) >= 11 is 0. The van der Waals surface area contributed by atoms with Crippen molar-refractivity contribution in [2.24, 2.45) is 0 Å². The summed E-state index contributed by atoms with van der Waals surface area (Å²) < 4.78 is 32.0. The third-order valence-electron chi connectivity index (χ3n) is 4.56. The molecule has 0 unspecified atom stereocenters. The Morgan fingerprint density at radius 3 is 2.24 bits per heavy atom. The molecule has 4 rings (SSSR count). The summed E-state index contributed by atoms with van der Waals surface area (Å²) in [5, 5.41) is 8.76. The van der Waals surface area contributed by atoms with E-state index in [0.717, 1.165) is 11.3 Å². The maximum Gasteiger partial charge on any atom is 0.266 e. The van der Waals surface area contributed by atoms with Gasteiger partial charge in [-0.15, -0.1) is 0 Å². The average molecular weight is 407 g/mol. The van der Waals surface area contributed by atoms with Gasteiger partial charge in [0.05, 0.1) is 23.6 Å². The number of nitrogens with one attached hydrogen (secondary N) is 1. The van der Waals surface area contributed by atoms with Gasteiger partial charge in [0, 0.05) is 12.3 Å². The van der Waals surface area contributed by atoms with Crippen molar-refractivity contribution < 1.29 is 8.42 Å². The fourth-order valence-corrected chi connectivity index (χ4v) is 4.69. The first-order valence-corrected chi connectivity index (χ1v) is 10.6. The summed E-state index contributed by atoms with van der Waals surface area (Å²) in [4.78, 5) is 0.166. The Balaban J connectivity index is 1.59. The van der Waals surface area contributed by atoms with E-state index in [-0.39, 0.29) is 10.7 Å². The lowest BCUT2D eigenvalue weighted by molar-refractivity contribution is 0.599. The Morgan fingerprint density at radius 1 is 0.897 bits per heavy atom. The van der Waals surface area contributed by atoms with Crippen LogP contribution in [-0.2, 0) is 16.6 Å². The zero-order valence-corrected chi connectivity index (χ0v) is 17.0. The van der Waals surface area contributed by atoms with Gasteiger partial charge in [-0.3, -0.25) is 9.40 Å². The van der Waals surface area contributed by atoms with Crippen LogP contribution in [0.15, 0.2) is 77.8 Å². The molecule has 0 bridgehead atoms. The highest BCUT2D eigenvalue weighted by Gasteiger charge is 2.26. The highest BCUT2D eigenvalue weighted by molar-refractivity contribution is 7.92. The summed E-state index contributed by atoms with van der Waals surface area (Å²) in [6, 6.07) is 20.9. The van der Waals surface area contributed by atoms with Crippen LogP contribution in [0.25, 0.3) is 5.69 Å². The molecule has 2 aromatic heterocycles. The number of anilines is 1. The molecule has 0 spiro atoms. The Bertz CT molecular complexity index is 1230. The predicted molar refractivity (Wildman–Crippen MR) is 112 cm³/mol. The molecule has 0 radical (unpaired) electrons. The number of nitrogens with zero attached hydrogens (tertiary/aromatic N) is 4. The molecule has 7 nitrogen and oxygen atoms in total. The lowest BCUT2D eigenvalue weighted by Crippen LogP contribution is -2.15. The molecule has 0 atom stereocenters. The van der Waals surface area contributed by atoms with E-state index in [1.807, 2.05) is 60.7 Å². The SMILES string of the molecule is Cc1nn(-c2ccccc2)c(C)c1S(=O)(=O)Nc1ccn(Cc2ccccc2)n1. The zero-order chi connectivity index (χ0) is 20.4. The topological polar surface area (TPSA) is 81.8 Å². The number of sulfonamides is 1. The zero-order valence-electron chi connectivity index (χ0n) is 16.1. The first kappa shape index (κ1) is 18.9. The summed E-state index contributed by atoms with van der Waals surface area (Å²) in [5.74, 6) is 0.271. The van der Waals surface area contributed by atoms with Gasteiger partial charge in [-0.05, 0) is 31.5 Å². The number of aryl methyl sites for hydroxylation is 1. The molecule has 148 valence electrons. The van der Waals surface area contributed by atoms with Gasteiger partial charge in [0.2, 0.25) is 0 Å². The van der Waals surface area contributed by atoms with E-state index in [1.54, 1.807) is 35.5 Å². The lowest BCUT2D eigenvalue weighted by Gasteiger charge is -2.07. The van der Waals surface area contributed by atoms with Crippen molar-refractivity contribution in [1.29, 1.82) is 0 Å². The van der Waals surface area contributed by atoms with Crippen LogP contribution in [0.2, 0.25) is 0 Å². The Kier molecular flexibility index (Phi) is 4.94. The van der Waals surface area contributed by atoms with Crippen LogP contribution in [0, 0.1) is 13.8 Å². The van der Waals surface area contributed by atoms with Crippen molar-refractivity contribution in [1.82, 2.24) is 19.6 Å². The number of rotatable bonds is 6. The van der Waals surface area contributed by atoms with E-state index < -0.39 is 10.0 Å². The van der Waals surface area contributed by atoms with Crippen molar-refractivity contribution >= 4 is 15.8 Å². The molecule has 0 saturated heterocycles. The number of hydrogen-bond donors (Lipinski definition) is 1. The molecule has 8 heteroatoms. The summed E-state index contributed by atoms with van der Waals surface area (Å²) in [6.07, 6.45) is 1.75. The van der Waals surface area contributed by atoms with Crippen LogP contribution in [0.4, 0.5) is 5.82 Å². The van der Waals surface area contributed by atoms with Crippen LogP contribution < -0.4 is 4.72 Å². The fraction of sp³-hybridized carbons (Fsp3) is 0.143. The van der Waals surface area contributed by atoms with Gasteiger partial charge >= 0.3 is 0 Å². The lowest BCUT2D eigenvalue weighted by atomic mass is 10.2. The number of hydrogen-bond acceptors (Lipinski definition) is 4. The van der Waals surface area contributed by atoms with E-state index in [0.29, 0.717) is 17.9 Å². The number of aromatic nitrogens is 4. The van der Waals surface area contributed by atoms with Crippen LogP contribution in [0.5, 0.6) is 0 Å². The molecule has 2 aromatic carbocycles. The van der Waals surface area contributed by atoms with Gasteiger partial charge in [-0.2, -0.15) is 10.2 Å². The van der Waals surface area contributed by atoms with E-state index >= 15 is 0 Å². The normalized spacial score (nSPS) is 11.5. The molecule has 0 saturated carbocycles. The van der Waals surface area contributed by atoms with E-state index in [9.17, 15) is 8.42 Å². The van der Waals surface area contributed by atoms with Crippen molar-refractivity contribution in [2.45, 2.75) is 25.3 Å². The molecule has 0 aliphatic heterocycles. The molecular formula is C21H21N5O2S. The van der Waals surface area contributed by atoms with E-state index in [2.05, 4.69) is 14.9 Å². The molecule has 0 amide bonds. The minimum Gasteiger partial charge on any atom is -0.266 e. The third-order valence-corrected chi connectivity index (χ3v) is 6.17. The van der Waals surface area contributed by atoms with Crippen molar-refractivity contribution in [2.75, 3.05) is 4.72 Å². The predicted octanol–water partition coefficient (Wildman–Crippen LogP) is 3.53. The molecule has 4 aromatic rings. The minimum absolute atomic E-state index is 0.166. The van der Waals surface area contributed by atoms with Crippen LogP contribution >= 0.6 is 0 Å². The second-order valence-electron chi connectivity index (χ2n) is 6.74. The van der Waals surface area contributed by atoms with Crippen LogP contribution in [0.3, 0.4) is 0 Å². The quantitative estimate of drug-likeness (QED) is 0.530. The summed E-state index contributed by atoms with van der Waals surface area (Å²) in [7, 11) is -3.83. The van der Waals surface area contributed by atoms with Crippen molar-refractivity contribution in [3.63, 3.8) is 0 Å². The van der Waals surface area contributed by atoms with Crippen molar-refractivity contribution in [3.8, 4) is 5.69 Å². The monoisotopic (exact) mass is 407 g/mol. The molecular weight excluding hydrogens is 386 g/mol. The smallest absolute Gasteiger partial charge is 0.266 e. The highest BCUT2D eigenvalue weighted by Crippen LogP contribution is 2.24. The van der Waals surface area contributed by atoms with E-state index in [1.165, 1.54) is 0 Å². The molecule has 0 aliphatic rings. The van der Waals surface area contributed by atoms with Gasteiger partial charge in [-0.25, -0.2) is 13.1 Å². The van der Waals surface area contributed by atoms with Gasteiger partial charge in [-0.1, -0.05) is 48.5 Å². The maximum atomic E-state index is 13.0. The summed E-state index contributed by atoms with van der Waals surface area (Å²) in [6.45, 7) is 4.00. The van der Waals surface area contributed by atoms with Crippen LogP contribution in [0.1, 0.15) is 17.0 Å². The first-order chi connectivity index (χ1) is 13.9. The van der Waals surface area contributed by atoms with Gasteiger partial charge < -0.3 is 0 Å². The minimum atomic E-state index is -3.83. The third kappa shape index (κ3) is 3.93. The highest BCUT2D eigenvalue weighted by atomic mass is 32.2. The second kappa shape index (κ2) is 7.56. The van der Waals surface area contributed by atoms with Crippen LogP contribution in [-0.4, -0.2) is 28.0 Å². The van der Waals surface area contributed by atoms with E-state index in [4.69, 9.17) is 0 Å². The standard InChI is InChI=1S/C21H21N5O2S/c1-16-21(17(2)26(22-16)19-11-7-4-8-12-19)29(27,28)24-20-13-14-25(23-20)15-18-9-5-3-6-10-18/h3-14H,15H2,1-2H3,(H,23,24). The Morgan fingerprint density at radius 2 is 1.55 bits per heavy atom. The van der Waals surface area contributed by atoms with Gasteiger partial charge in [0.1, 0.15) is 4.90 Å². The first-order valence-electron chi connectivity index (χ1n) is 9.16.